The number of benzene rings is 3. The Balaban J connectivity index is 1.52. The summed E-state index contributed by atoms with van der Waals surface area (Å²) >= 11 is 0. The lowest BCUT2D eigenvalue weighted by Crippen LogP contribution is -2.12. The number of carbonyl (C=O) groups is 2. The summed E-state index contributed by atoms with van der Waals surface area (Å²) < 4.78 is 11.6. The Morgan fingerprint density at radius 3 is 2.43 bits per heavy atom. The Kier molecular flexibility index (Phi) is 5.48. The van der Waals surface area contributed by atoms with Crippen LogP contribution < -0.4 is 9.47 Å². The van der Waals surface area contributed by atoms with Crippen molar-refractivity contribution in [2.75, 3.05) is 6.61 Å². The average molecular weight is 398 g/mol. The maximum absolute atomic E-state index is 12.8. The van der Waals surface area contributed by atoms with E-state index in [-0.39, 0.29) is 23.9 Å². The molecule has 0 radical (unpaired) electrons. The van der Waals surface area contributed by atoms with E-state index >= 15 is 0 Å². The molecule has 30 heavy (non-hydrogen) atoms. The van der Waals surface area contributed by atoms with Gasteiger partial charge in [-0.3, -0.25) is 9.59 Å². The first-order chi connectivity index (χ1) is 14.6. The van der Waals surface area contributed by atoms with Crippen molar-refractivity contribution in [3.8, 4) is 11.5 Å². The molecule has 0 atom stereocenters. The van der Waals surface area contributed by atoms with E-state index in [0.717, 1.165) is 12.0 Å². The van der Waals surface area contributed by atoms with Crippen LogP contribution in [0.4, 0.5) is 0 Å². The number of ether oxygens (including phenoxy) is 2. The Bertz CT molecular complexity index is 1130. The minimum atomic E-state index is -0.153. The molecule has 1 aliphatic heterocycles. The molecule has 0 spiro atoms. The minimum Gasteiger partial charge on any atom is -0.485 e. The lowest BCUT2D eigenvalue weighted by Gasteiger charge is -2.11. The first-order valence-corrected chi connectivity index (χ1v) is 9.94. The fourth-order valence-electron chi connectivity index (χ4n) is 3.38. The van der Waals surface area contributed by atoms with Crippen molar-refractivity contribution in [1.82, 2.24) is 0 Å². The zero-order valence-electron chi connectivity index (χ0n) is 17.0. The van der Waals surface area contributed by atoms with Gasteiger partial charge in [-0.2, -0.15) is 0 Å². The lowest BCUT2D eigenvalue weighted by atomic mass is 10.0. The van der Waals surface area contributed by atoms with Crippen LogP contribution in [-0.4, -0.2) is 18.2 Å². The molecular weight excluding hydrogens is 376 g/mol. The van der Waals surface area contributed by atoms with Gasteiger partial charge in [0.25, 0.3) is 0 Å². The number of rotatable bonds is 6. The molecule has 0 N–H and O–H groups in total. The van der Waals surface area contributed by atoms with E-state index in [9.17, 15) is 9.59 Å². The quantitative estimate of drug-likeness (QED) is 0.410. The molecule has 0 unspecified atom stereocenters. The van der Waals surface area contributed by atoms with Crippen LogP contribution in [0.2, 0.25) is 0 Å². The van der Waals surface area contributed by atoms with Gasteiger partial charge < -0.3 is 9.47 Å². The van der Waals surface area contributed by atoms with Crippen molar-refractivity contribution < 1.29 is 19.1 Å². The Morgan fingerprint density at radius 1 is 1.00 bits per heavy atom. The van der Waals surface area contributed by atoms with E-state index in [1.807, 2.05) is 49.4 Å². The Labute approximate surface area is 175 Å². The van der Waals surface area contributed by atoms with Crippen molar-refractivity contribution in [2.24, 2.45) is 0 Å². The van der Waals surface area contributed by atoms with E-state index in [1.54, 1.807) is 30.3 Å². The van der Waals surface area contributed by atoms with Gasteiger partial charge in [0, 0.05) is 11.1 Å². The van der Waals surface area contributed by atoms with Gasteiger partial charge >= 0.3 is 0 Å². The second kappa shape index (κ2) is 8.37. The molecule has 0 aromatic heterocycles. The van der Waals surface area contributed by atoms with E-state index in [0.29, 0.717) is 28.2 Å². The summed E-state index contributed by atoms with van der Waals surface area (Å²) in [4.78, 5) is 25.0. The largest absolute Gasteiger partial charge is 0.485 e. The van der Waals surface area contributed by atoms with Crippen molar-refractivity contribution in [3.63, 3.8) is 0 Å². The molecular formula is C26H22O4. The van der Waals surface area contributed by atoms with Crippen LogP contribution in [0.5, 0.6) is 11.5 Å². The maximum Gasteiger partial charge on any atom is 0.231 e. The molecule has 4 rings (SSSR count). The third-order valence-electron chi connectivity index (χ3n) is 5.18. The van der Waals surface area contributed by atoms with Crippen molar-refractivity contribution >= 4 is 17.6 Å². The van der Waals surface area contributed by atoms with Crippen molar-refractivity contribution in [3.05, 3.63) is 100 Å². The first kappa shape index (κ1) is 19.6. The molecule has 0 aliphatic carbocycles. The van der Waals surface area contributed by atoms with Crippen LogP contribution in [-0.2, 0) is 6.42 Å². The summed E-state index contributed by atoms with van der Waals surface area (Å²) in [6, 6.07) is 20.4. The molecule has 1 aliphatic rings. The van der Waals surface area contributed by atoms with Gasteiger partial charge in [-0.15, -0.1) is 0 Å². The van der Waals surface area contributed by atoms with Crippen LogP contribution in [0, 0.1) is 6.92 Å². The summed E-state index contributed by atoms with van der Waals surface area (Å²) in [5.74, 6) is 1.04. The molecule has 0 amide bonds. The number of allylic oxidation sites excluding steroid dienone is 1. The summed E-state index contributed by atoms with van der Waals surface area (Å²) in [6.45, 7) is 3.85. The van der Waals surface area contributed by atoms with Gasteiger partial charge in [-0.25, -0.2) is 0 Å². The zero-order chi connectivity index (χ0) is 21.1. The number of carbonyl (C=O) groups excluding carboxylic acids is 2. The summed E-state index contributed by atoms with van der Waals surface area (Å²) in [7, 11) is 0. The topological polar surface area (TPSA) is 52.6 Å². The number of hydrogen-bond acceptors (Lipinski definition) is 4. The van der Waals surface area contributed by atoms with Crippen LogP contribution in [0.25, 0.3) is 6.08 Å². The number of fused-ring (bicyclic) bond motifs is 1. The number of Topliss-reactive ketones (excluding diaryl/α,β-unsaturated/α-hetero) is 2. The van der Waals surface area contributed by atoms with Crippen LogP contribution in [0.1, 0.15) is 44.3 Å². The van der Waals surface area contributed by atoms with Gasteiger partial charge in [-0.1, -0.05) is 61.5 Å². The molecule has 4 nitrogen and oxygen atoms in total. The summed E-state index contributed by atoms with van der Waals surface area (Å²) in [5.41, 5.74) is 3.95. The van der Waals surface area contributed by atoms with Crippen LogP contribution >= 0.6 is 0 Å². The van der Waals surface area contributed by atoms with Crippen molar-refractivity contribution in [1.29, 1.82) is 0 Å². The van der Waals surface area contributed by atoms with Crippen LogP contribution in [0.15, 0.2) is 72.5 Å². The highest BCUT2D eigenvalue weighted by Crippen LogP contribution is 2.39. The summed E-state index contributed by atoms with van der Waals surface area (Å²) in [5, 5.41) is 0. The average Bonchev–Trinajstić information content (AvgIpc) is 3.10. The first-order valence-electron chi connectivity index (χ1n) is 9.94. The van der Waals surface area contributed by atoms with E-state index < -0.39 is 0 Å². The van der Waals surface area contributed by atoms with Gasteiger partial charge in [0.2, 0.25) is 5.78 Å². The van der Waals surface area contributed by atoms with Gasteiger partial charge in [0.05, 0.1) is 5.56 Å². The highest BCUT2D eigenvalue weighted by Gasteiger charge is 2.30. The molecule has 3 aromatic carbocycles. The zero-order valence-corrected chi connectivity index (χ0v) is 17.0. The molecule has 1 heterocycles. The molecule has 4 heteroatoms. The molecule has 0 bridgehead atoms. The molecule has 150 valence electrons. The normalized spacial score (nSPS) is 13.8. The van der Waals surface area contributed by atoms with Crippen LogP contribution in [0.3, 0.4) is 0 Å². The SMILES string of the molecule is CCc1ccc(/C=C2\Oc3c(ccc(OCC(=O)c4ccccc4)c3C)C2=O)cc1. The number of hydrogen-bond donors (Lipinski definition) is 0. The lowest BCUT2D eigenvalue weighted by molar-refractivity contribution is 0.0920. The number of aryl methyl sites for hydroxylation is 1. The molecule has 0 saturated heterocycles. The highest BCUT2D eigenvalue weighted by molar-refractivity contribution is 6.15. The predicted molar refractivity (Wildman–Crippen MR) is 116 cm³/mol. The van der Waals surface area contributed by atoms with Gasteiger partial charge in [0.1, 0.15) is 11.5 Å². The maximum atomic E-state index is 12.8. The summed E-state index contributed by atoms with van der Waals surface area (Å²) in [6.07, 6.45) is 2.72. The van der Waals surface area contributed by atoms with E-state index in [1.165, 1.54) is 5.56 Å². The fraction of sp³-hybridized carbons (Fsp3) is 0.154. The van der Waals surface area contributed by atoms with Crippen molar-refractivity contribution in [2.45, 2.75) is 20.3 Å². The second-order valence-electron chi connectivity index (χ2n) is 7.18. The van der Waals surface area contributed by atoms with Gasteiger partial charge in [-0.05, 0) is 42.7 Å². The molecule has 0 saturated carbocycles. The minimum absolute atomic E-state index is 0.0793. The van der Waals surface area contributed by atoms with E-state index in [4.69, 9.17) is 9.47 Å². The smallest absolute Gasteiger partial charge is 0.231 e. The molecule has 0 fully saturated rings. The van der Waals surface area contributed by atoms with E-state index in [2.05, 4.69) is 6.92 Å². The number of ketones is 2. The third kappa shape index (κ3) is 3.90. The standard InChI is InChI=1S/C26H22O4/c1-3-18-9-11-19(12-10-18)15-24-25(28)21-13-14-23(17(2)26(21)30-24)29-16-22(27)20-7-5-4-6-8-20/h4-15H,3,16H2,1-2H3/b24-15-. The monoisotopic (exact) mass is 398 g/mol. The third-order valence-corrected chi connectivity index (χ3v) is 5.18. The fourth-order valence-corrected chi connectivity index (χ4v) is 3.38. The highest BCUT2D eigenvalue weighted by atomic mass is 16.5. The second-order valence-corrected chi connectivity index (χ2v) is 7.18. The van der Waals surface area contributed by atoms with Gasteiger partial charge in [0.15, 0.2) is 18.1 Å². The Morgan fingerprint density at radius 2 is 1.73 bits per heavy atom. The Hall–Kier alpha value is -3.66. The molecule has 3 aromatic rings. The predicted octanol–water partition coefficient (Wildman–Crippen LogP) is 5.44.